The van der Waals surface area contributed by atoms with Crippen LogP contribution in [0.4, 0.5) is 10.1 Å². The van der Waals surface area contributed by atoms with Gasteiger partial charge >= 0.3 is 0 Å². The predicted molar refractivity (Wildman–Crippen MR) is 96.4 cm³/mol. The molecule has 3 rings (SSSR count). The lowest BCUT2D eigenvalue weighted by Gasteiger charge is -2.09. The molecule has 1 N–H and O–H groups in total. The first-order valence-electron chi connectivity index (χ1n) is 7.77. The second-order valence-electron chi connectivity index (χ2n) is 5.53. The number of benzene rings is 2. The molecule has 0 fully saturated rings. The van der Waals surface area contributed by atoms with E-state index < -0.39 is 0 Å². The summed E-state index contributed by atoms with van der Waals surface area (Å²) >= 11 is 1.52. The predicted octanol–water partition coefficient (Wildman–Crippen LogP) is 4.35. The quantitative estimate of drug-likeness (QED) is 0.714. The Balaban J connectivity index is 1.58. The zero-order valence-electron chi connectivity index (χ0n) is 13.7. The number of amides is 1. The summed E-state index contributed by atoms with van der Waals surface area (Å²) in [6.45, 7) is 2.17. The number of anilines is 1. The van der Waals surface area contributed by atoms with E-state index in [1.165, 1.54) is 23.5 Å². The fourth-order valence-electron chi connectivity index (χ4n) is 2.32. The summed E-state index contributed by atoms with van der Waals surface area (Å²) in [7, 11) is 0. The van der Waals surface area contributed by atoms with Crippen molar-refractivity contribution in [2.75, 3.05) is 5.32 Å². The number of aromatic nitrogens is 1. The van der Waals surface area contributed by atoms with E-state index in [-0.39, 0.29) is 24.8 Å². The van der Waals surface area contributed by atoms with Gasteiger partial charge in [-0.05, 0) is 36.8 Å². The van der Waals surface area contributed by atoms with Crippen LogP contribution in [0, 0.1) is 12.7 Å². The van der Waals surface area contributed by atoms with Crippen molar-refractivity contribution in [1.29, 1.82) is 0 Å². The molecule has 0 aliphatic heterocycles. The van der Waals surface area contributed by atoms with Crippen LogP contribution in [0.2, 0.25) is 0 Å². The van der Waals surface area contributed by atoms with Crippen LogP contribution in [0.25, 0.3) is 0 Å². The maximum absolute atomic E-state index is 13.2. The monoisotopic (exact) mass is 356 g/mol. The molecule has 0 aliphatic rings. The Morgan fingerprint density at radius 1 is 1.24 bits per heavy atom. The van der Waals surface area contributed by atoms with Crippen LogP contribution in [0.15, 0.2) is 53.9 Å². The van der Waals surface area contributed by atoms with Crippen LogP contribution in [0.3, 0.4) is 0 Å². The largest absolute Gasteiger partial charge is 0.489 e. The minimum Gasteiger partial charge on any atom is -0.489 e. The number of aryl methyl sites for hydroxylation is 1. The number of nitrogens with zero attached hydrogens (tertiary/aromatic N) is 1. The van der Waals surface area contributed by atoms with Gasteiger partial charge in [-0.2, -0.15) is 0 Å². The molecule has 25 heavy (non-hydrogen) atoms. The summed E-state index contributed by atoms with van der Waals surface area (Å²) in [5, 5.41) is 5.66. The molecule has 1 aromatic heterocycles. The highest BCUT2D eigenvalue weighted by molar-refractivity contribution is 7.09. The van der Waals surface area contributed by atoms with Gasteiger partial charge in [-0.1, -0.05) is 18.2 Å². The Hall–Kier alpha value is -2.73. The maximum Gasteiger partial charge on any atom is 0.230 e. The van der Waals surface area contributed by atoms with Crippen molar-refractivity contribution in [3.63, 3.8) is 0 Å². The summed E-state index contributed by atoms with van der Waals surface area (Å²) in [6.07, 6.45) is 0.235. The maximum atomic E-state index is 13.2. The highest BCUT2D eigenvalue weighted by Gasteiger charge is 2.07. The Bertz CT molecular complexity index is 879. The number of halogens is 1. The highest BCUT2D eigenvalue weighted by atomic mass is 32.1. The van der Waals surface area contributed by atoms with Gasteiger partial charge in [0, 0.05) is 17.1 Å². The highest BCUT2D eigenvalue weighted by Crippen LogP contribution is 2.19. The summed E-state index contributed by atoms with van der Waals surface area (Å²) in [4.78, 5) is 16.4. The van der Waals surface area contributed by atoms with Crippen LogP contribution in [-0.2, 0) is 17.8 Å². The molecule has 1 amide bonds. The topological polar surface area (TPSA) is 51.2 Å². The molecular weight excluding hydrogens is 339 g/mol. The van der Waals surface area contributed by atoms with Crippen molar-refractivity contribution >= 4 is 22.9 Å². The molecule has 0 saturated carbocycles. The normalized spacial score (nSPS) is 10.5. The van der Waals surface area contributed by atoms with Crippen molar-refractivity contribution in [2.24, 2.45) is 0 Å². The molecule has 2 aromatic carbocycles. The van der Waals surface area contributed by atoms with Gasteiger partial charge in [-0.15, -0.1) is 11.3 Å². The molecule has 4 nitrogen and oxygen atoms in total. The fourth-order valence-corrected chi connectivity index (χ4v) is 2.93. The first-order chi connectivity index (χ1) is 12.1. The number of ether oxygens (including phenoxy) is 1. The van der Waals surface area contributed by atoms with Gasteiger partial charge in [0.2, 0.25) is 5.91 Å². The van der Waals surface area contributed by atoms with E-state index in [4.69, 9.17) is 4.74 Å². The minimum absolute atomic E-state index is 0.132. The summed E-state index contributed by atoms with van der Waals surface area (Å²) in [5.74, 6) is 0.179. The van der Waals surface area contributed by atoms with E-state index in [0.29, 0.717) is 11.4 Å². The lowest BCUT2D eigenvalue weighted by Crippen LogP contribution is -2.14. The van der Waals surface area contributed by atoms with E-state index in [9.17, 15) is 9.18 Å². The molecule has 0 radical (unpaired) electrons. The number of hydrogen-bond donors (Lipinski definition) is 1. The number of carbonyl (C=O) groups excluding carboxylic acids is 1. The minimum atomic E-state index is -0.292. The van der Waals surface area contributed by atoms with E-state index in [1.807, 2.05) is 12.3 Å². The van der Waals surface area contributed by atoms with Crippen molar-refractivity contribution in [1.82, 2.24) is 4.98 Å². The Morgan fingerprint density at radius 2 is 2.08 bits per heavy atom. The smallest absolute Gasteiger partial charge is 0.230 e. The molecule has 0 saturated heterocycles. The van der Waals surface area contributed by atoms with Gasteiger partial charge in [0.05, 0.1) is 17.1 Å². The van der Waals surface area contributed by atoms with Crippen molar-refractivity contribution in [3.05, 3.63) is 76.0 Å². The molecule has 3 aromatic rings. The summed E-state index contributed by atoms with van der Waals surface area (Å²) in [5.41, 5.74) is 2.15. The Kier molecular flexibility index (Phi) is 5.40. The number of hydrogen-bond acceptors (Lipinski definition) is 4. The van der Waals surface area contributed by atoms with Gasteiger partial charge in [-0.3, -0.25) is 4.79 Å². The molecule has 0 bridgehead atoms. The zero-order chi connectivity index (χ0) is 17.6. The summed E-state index contributed by atoms with van der Waals surface area (Å²) in [6, 6.07) is 13.4. The van der Waals surface area contributed by atoms with E-state index in [2.05, 4.69) is 10.3 Å². The Labute approximate surface area is 149 Å². The van der Waals surface area contributed by atoms with E-state index >= 15 is 0 Å². The second-order valence-corrected chi connectivity index (χ2v) is 6.59. The Morgan fingerprint density at radius 3 is 2.84 bits per heavy atom. The third-order valence-electron chi connectivity index (χ3n) is 3.42. The van der Waals surface area contributed by atoms with Crippen LogP contribution in [0.1, 0.15) is 16.3 Å². The number of carbonyl (C=O) groups is 1. The fraction of sp³-hybridized carbons (Fsp3) is 0.158. The molecule has 0 unspecified atom stereocenters. The van der Waals surface area contributed by atoms with Crippen LogP contribution < -0.4 is 10.1 Å². The van der Waals surface area contributed by atoms with Crippen molar-refractivity contribution in [3.8, 4) is 5.75 Å². The molecule has 128 valence electrons. The van der Waals surface area contributed by atoms with Crippen LogP contribution >= 0.6 is 11.3 Å². The molecule has 0 atom stereocenters. The number of nitrogens with one attached hydrogen (secondary N) is 1. The zero-order valence-corrected chi connectivity index (χ0v) is 14.5. The van der Waals surface area contributed by atoms with Gasteiger partial charge in [0.25, 0.3) is 0 Å². The first kappa shape index (κ1) is 17.1. The standard InChI is InChI=1S/C19H17FN2O2S/c1-13-21-17(12-25-13)10-19(23)22-16-6-3-7-18(9-16)24-11-14-4-2-5-15(20)8-14/h2-9,12H,10-11H2,1H3,(H,22,23). The van der Waals surface area contributed by atoms with Gasteiger partial charge < -0.3 is 10.1 Å². The summed E-state index contributed by atoms with van der Waals surface area (Å²) < 4.78 is 18.8. The molecule has 6 heteroatoms. The third-order valence-corrected chi connectivity index (χ3v) is 4.24. The van der Waals surface area contributed by atoms with E-state index in [1.54, 1.807) is 36.4 Å². The molecular formula is C19H17FN2O2S. The molecule has 0 spiro atoms. The molecule has 1 heterocycles. The van der Waals surface area contributed by atoms with Gasteiger partial charge in [0.15, 0.2) is 0 Å². The van der Waals surface area contributed by atoms with Crippen molar-refractivity contribution in [2.45, 2.75) is 20.0 Å². The van der Waals surface area contributed by atoms with Crippen LogP contribution in [0.5, 0.6) is 5.75 Å². The number of thiazole rings is 1. The van der Waals surface area contributed by atoms with Crippen molar-refractivity contribution < 1.29 is 13.9 Å². The lowest BCUT2D eigenvalue weighted by molar-refractivity contribution is -0.115. The average molecular weight is 356 g/mol. The van der Waals surface area contributed by atoms with Gasteiger partial charge in [0.1, 0.15) is 18.2 Å². The van der Waals surface area contributed by atoms with E-state index in [0.717, 1.165) is 16.3 Å². The van der Waals surface area contributed by atoms with Gasteiger partial charge in [-0.25, -0.2) is 9.37 Å². The van der Waals surface area contributed by atoms with Crippen LogP contribution in [-0.4, -0.2) is 10.9 Å². The average Bonchev–Trinajstić information content (AvgIpc) is 2.98. The SMILES string of the molecule is Cc1nc(CC(=O)Nc2cccc(OCc3cccc(F)c3)c2)cs1. The third kappa shape index (κ3) is 5.12. The second kappa shape index (κ2) is 7.90. The first-order valence-corrected chi connectivity index (χ1v) is 8.64. The molecule has 0 aliphatic carbocycles. The number of rotatable bonds is 6. The lowest BCUT2D eigenvalue weighted by atomic mass is 10.2.